The van der Waals surface area contributed by atoms with Gasteiger partial charge in [-0.25, -0.2) is 0 Å². The van der Waals surface area contributed by atoms with Crippen LogP contribution in [0.2, 0.25) is 0 Å². The fraction of sp³-hybridized carbons (Fsp3) is 0.316. The minimum absolute atomic E-state index is 0.176. The molecule has 8 heteroatoms. The molecule has 1 aromatic carbocycles. The molecule has 0 aliphatic rings. The Morgan fingerprint density at radius 1 is 1.15 bits per heavy atom. The highest BCUT2D eigenvalue weighted by molar-refractivity contribution is 5.94. The molecule has 0 fully saturated rings. The number of carbonyl (C=O) groups is 1. The second kappa shape index (κ2) is 8.50. The van der Waals surface area contributed by atoms with Crippen LogP contribution < -0.4 is 5.32 Å². The summed E-state index contributed by atoms with van der Waals surface area (Å²) >= 11 is 0. The van der Waals surface area contributed by atoms with Gasteiger partial charge in [0.25, 0.3) is 5.91 Å². The molecule has 0 spiro atoms. The van der Waals surface area contributed by atoms with Crippen LogP contribution in [0.15, 0.2) is 42.7 Å². The van der Waals surface area contributed by atoms with Crippen molar-refractivity contribution in [3.8, 4) is 11.3 Å². The second-order valence-electron chi connectivity index (χ2n) is 6.21. The molecular formula is C19H22N6O2. The van der Waals surface area contributed by atoms with Gasteiger partial charge in [0, 0.05) is 24.8 Å². The Labute approximate surface area is 157 Å². The van der Waals surface area contributed by atoms with E-state index in [9.17, 15) is 4.79 Å². The van der Waals surface area contributed by atoms with E-state index in [1.54, 1.807) is 25.6 Å². The monoisotopic (exact) mass is 366 g/mol. The third-order valence-electron chi connectivity index (χ3n) is 4.16. The Hall–Kier alpha value is -3.13. The Balaban J connectivity index is 1.67. The van der Waals surface area contributed by atoms with Gasteiger partial charge in [-0.15, -0.1) is 10.2 Å². The summed E-state index contributed by atoms with van der Waals surface area (Å²) in [6, 6.07) is 10.8. The highest BCUT2D eigenvalue weighted by atomic mass is 16.5. The Bertz CT molecular complexity index is 889. The Kier molecular flexibility index (Phi) is 5.87. The summed E-state index contributed by atoms with van der Waals surface area (Å²) in [5.74, 6) is 0.511. The fourth-order valence-electron chi connectivity index (χ4n) is 2.65. The summed E-state index contributed by atoms with van der Waals surface area (Å²) in [5.41, 5.74) is 3.11. The summed E-state index contributed by atoms with van der Waals surface area (Å²) in [6.07, 6.45) is 1.63. The second-order valence-corrected chi connectivity index (χ2v) is 6.21. The minimum atomic E-state index is -0.278. The topological polar surface area (TPSA) is 94.8 Å². The minimum Gasteiger partial charge on any atom is -0.383 e. The van der Waals surface area contributed by atoms with Crippen LogP contribution in [0.25, 0.3) is 11.3 Å². The van der Waals surface area contributed by atoms with E-state index in [0.29, 0.717) is 24.5 Å². The number of rotatable bonds is 7. The number of carbonyl (C=O) groups excluding carboxylic acids is 1. The molecule has 2 heterocycles. The molecule has 0 bridgehead atoms. The normalized spacial score (nSPS) is 12.0. The summed E-state index contributed by atoms with van der Waals surface area (Å²) in [4.78, 5) is 12.5. The molecule has 0 saturated carbocycles. The first kappa shape index (κ1) is 18.7. The van der Waals surface area contributed by atoms with Crippen LogP contribution in [0.1, 0.15) is 34.8 Å². The van der Waals surface area contributed by atoms with Gasteiger partial charge in [-0.1, -0.05) is 12.1 Å². The molecule has 3 aromatic rings. The van der Waals surface area contributed by atoms with Crippen molar-refractivity contribution in [2.24, 2.45) is 0 Å². The predicted octanol–water partition coefficient (Wildman–Crippen LogP) is 2.18. The molecule has 0 unspecified atom stereocenters. The molecule has 0 saturated heterocycles. The number of hydrogen-bond acceptors (Lipinski definition) is 6. The van der Waals surface area contributed by atoms with Gasteiger partial charge in [-0.3, -0.25) is 4.79 Å². The van der Waals surface area contributed by atoms with E-state index in [1.807, 2.05) is 42.7 Å². The van der Waals surface area contributed by atoms with E-state index < -0.39 is 0 Å². The zero-order valence-corrected chi connectivity index (χ0v) is 15.6. The van der Waals surface area contributed by atoms with Crippen molar-refractivity contribution in [1.82, 2.24) is 30.3 Å². The third kappa shape index (κ3) is 4.53. The summed E-state index contributed by atoms with van der Waals surface area (Å²) in [7, 11) is 1.64. The van der Waals surface area contributed by atoms with Crippen LogP contribution in [-0.4, -0.2) is 44.6 Å². The molecule has 140 valence electrons. The van der Waals surface area contributed by atoms with Crippen molar-refractivity contribution < 1.29 is 9.53 Å². The number of aryl methyl sites for hydroxylation is 1. The third-order valence-corrected chi connectivity index (χ3v) is 4.16. The number of nitrogens with one attached hydrogen (secondary N) is 1. The number of benzene rings is 1. The number of methoxy groups -OCH3 is 1. The number of nitrogens with zero attached hydrogens (tertiary/aromatic N) is 5. The first-order valence-electron chi connectivity index (χ1n) is 8.66. The van der Waals surface area contributed by atoms with Crippen LogP contribution in [0, 0.1) is 6.92 Å². The van der Waals surface area contributed by atoms with E-state index in [2.05, 4.69) is 25.7 Å². The van der Waals surface area contributed by atoms with Crippen molar-refractivity contribution in [3.63, 3.8) is 0 Å². The van der Waals surface area contributed by atoms with Crippen LogP contribution in [0.3, 0.4) is 0 Å². The zero-order chi connectivity index (χ0) is 19.2. The SMILES string of the molecule is COCCn1cnnc1[C@H](C)NC(=O)c1ccc(-c2ccc(C)nn2)cc1. The first-order chi connectivity index (χ1) is 13.1. The molecule has 1 amide bonds. The van der Waals surface area contributed by atoms with Gasteiger partial charge in [0.05, 0.1) is 24.0 Å². The molecule has 27 heavy (non-hydrogen) atoms. The molecule has 0 radical (unpaired) electrons. The van der Waals surface area contributed by atoms with Gasteiger partial charge in [0.1, 0.15) is 6.33 Å². The lowest BCUT2D eigenvalue weighted by Crippen LogP contribution is -2.29. The van der Waals surface area contributed by atoms with E-state index in [1.165, 1.54) is 0 Å². The van der Waals surface area contributed by atoms with Crippen molar-refractivity contribution in [2.45, 2.75) is 26.4 Å². The molecule has 0 aliphatic heterocycles. The molecule has 2 aromatic heterocycles. The smallest absolute Gasteiger partial charge is 0.251 e. The number of hydrogen-bond donors (Lipinski definition) is 1. The van der Waals surface area contributed by atoms with E-state index in [4.69, 9.17) is 4.74 Å². The van der Waals surface area contributed by atoms with Crippen molar-refractivity contribution >= 4 is 5.91 Å². The number of amides is 1. The molecule has 1 N–H and O–H groups in total. The van der Waals surface area contributed by atoms with E-state index in [-0.39, 0.29) is 11.9 Å². The molecule has 0 aliphatic carbocycles. The number of ether oxygens (including phenoxy) is 1. The van der Waals surface area contributed by atoms with Gasteiger partial charge in [-0.05, 0) is 38.1 Å². The van der Waals surface area contributed by atoms with Crippen LogP contribution in [0.4, 0.5) is 0 Å². The molecule has 1 atom stereocenters. The summed E-state index contributed by atoms with van der Waals surface area (Å²) < 4.78 is 6.95. The van der Waals surface area contributed by atoms with Crippen LogP contribution >= 0.6 is 0 Å². The average molecular weight is 366 g/mol. The van der Waals surface area contributed by atoms with Gasteiger partial charge in [0.15, 0.2) is 5.82 Å². The summed E-state index contributed by atoms with van der Waals surface area (Å²) in [5, 5.41) is 19.2. The standard InChI is InChI=1S/C19H22N6O2/c1-13-4-9-17(23-22-13)15-5-7-16(8-6-15)19(26)21-14(2)18-24-20-12-25(18)10-11-27-3/h4-9,12,14H,10-11H2,1-3H3,(H,21,26)/t14-/m0/s1. The predicted molar refractivity (Wildman–Crippen MR) is 100.0 cm³/mol. The van der Waals surface area contributed by atoms with Gasteiger partial charge in [0.2, 0.25) is 0 Å². The summed E-state index contributed by atoms with van der Waals surface area (Å²) in [6.45, 7) is 4.95. The first-order valence-corrected chi connectivity index (χ1v) is 8.66. The maximum absolute atomic E-state index is 12.5. The van der Waals surface area contributed by atoms with E-state index in [0.717, 1.165) is 17.0 Å². The highest BCUT2D eigenvalue weighted by Crippen LogP contribution is 2.17. The number of aromatic nitrogens is 5. The molecular weight excluding hydrogens is 344 g/mol. The average Bonchev–Trinajstić information content (AvgIpc) is 3.16. The van der Waals surface area contributed by atoms with Crippen molar-refractivity contribution in [3.05, 3.63) is 59.8 Å². The van der Waals surface area contributed by atoms with Crippen LogP contribution in [0.5, 0.6) is 0 Å². The highest BCUT2D eigenvalue weighted by Gasteiger charge is 2.16. The zero-order valence-electron chi connectivity index (χ0n) is 15.6. The van der Waals surface area contributed by atoms with Gasteiger partial charge >= 0.3 is 0 Å². The maximum atomic E-state index is 12.5. The lowest BCUT2D eigenvalue weighted by Gasteiger charge is -2.15. The fourth-order valence-corrected chi connectivity index (χ4v) is 2.65. The van der Waals surface area contributed by atoms with Crippen molar-refractivity contribution in [2.75, 3.05) is 13.7 Å². The molecule has 3 rings (SSSR count). The van der Waals surface area contributed by atoms with Crippen LogP contribution in [-0.2, 0) is 11.3 Å². The Morgan fingerprint density at radius 3 is 2.59 bits per heavy atom. The maximum Gasteiger partial charge on any atom is 0.251 e. The van der Waals surface area contributed by atoms with Gasteiger partial charge < -0.3 is 14.6 Å². The largest absolute Gasteiger partial charge is 0.383 e. The molecule has 8 nitrogen and oxygen atoms in total. The van der Waals surface area contributed by atoms with E-state index >= 15 is 0 Å². The van der Waals surface area contributed by atoms with Crippen molar-refractivity contribution in [1.29, 1.82) is 0 Å². The Morgan fingerprint density at radius 2 is 1.93 bits per heavy atom. The lowest BCUT2D eigenvalue weighted by molar-refractivity contribution is 0.0937. The van der Waals surface area contributed by atoms with Gasteiger partial charge in [-0.2, -0.15) is 10.2 Å². The quantitative estimate of drug-likeness (QED) is 0.689. The lowest BCUT2D eigenvalue weighted by atomic mass is 10.1.